The van der Waals surface area contributed by atoms with E-state index >= 15 is 0 Å². The molecule has 3 fully saturated rings. The smallest absolute Gasteiger partial charge is 0.237 e. The maximum Gasteiger partial charge on any atom is 0.237 e. The number of amides is 1. The van der Waals surface area contributed by atoms with Crippen LogP contribution in [-0.2, 0) is 4.79 Å². The van der Waals surface area contributed by atoms with Crippen LogP contribution in [0.2, 0.25) is 0 Å². The summed E-state index contributed by atoms with van der Waals surface area (Å²) in [6.45, 7) is 4.69. The lowest BCUT2D eigenvalue weighted by Crippen LogP contribution is -2.39. The predicted molar refractivity (Wildman–Crippen MR) is 83.5 cm³/mol. The average Bonchev–Trinajstić information content (AvgIpc) is 3.10. The Balaban J connectivity index is 0.000000162. The van der Waals surface area contributed by atoms with Gasteiger partial charge >= 0.3 is 0 Å². The number of hydrogen-bond acceptors (Lipinski definition) is 3. The molecule has 3 aliphatic rings. The van der Waals surface area contributed by atoms with E-state index in [4.69, 9.17) is 11.0 Å². The summed E-state index contributed by atoms with van der Waals surface area (Å²) in [5.41, 5.74) is 5.09. The molecule has 124 valence electrons. The minimum absolute atomic E-state index is 0.00819. The first-order valence-corrected chi connectivity index (χ1v) is 8.47. The molecule has 0 aromatic rings. The van der Waals surface area contributed by atoms with Gasteiger partial charge in [0.2, 0.25) is 5.91 Å². The molecular formula is C17H28FN3O. The van der Waals surface area contributed by atoms with Gasteiger partial charge in [-0.3, -0.25) is 4.79 Å². The van der Waals surface area contributed by atoms with E-state index < -0.39 is 12.2 Å². The van der Waals surface area contributed by atoms with Crippen LogP contribution in [0.25, 0.3) is 0 Å². The quantitative estimate of drug-likeness (QED) is 0.809. The van der Waals surface area contributed by atoms with Gasteiger partial charge in [0.05, 0.1) is 19.2 Å². The minimum Gasteiger partial charge on any atom is -0.323 e. The molecule has 2 atom stereocenters. The molecule has 2 saturated carbocycles. The standard InChI is InChI=1S/C10H18.C7H10FN3O/c1-7-3-9-5-8(2)6-10(9)4-7;8-5-1-6(2-9)11(4-5)7(12)3-10/h7-10H,3-6H2,1-2H3;5-6H,1,3-4,10H2. The number of alkyl halides is 1. The summed E-state index contributed by atoms with van der Waals surface area (Å²) < 4.78 is 12.7. The van der Waals surface area contributed by atoms with E-state index in [-0.39, 0.29) is 25.4 Å². The fourth-order valence-electron chi connectivity index (χ4n) is 4.52. The van der Waals surface area contributed by atoms with Crippen LogP contribution >= 0.6 is 0 Å². The number of halogens is 1. The average molecular weight is 309 g/mol. The Hall–Kier alpha value is -1.15. The second kappa shape index (κ2) is 7.41. The number of nitrogens with zero attached hydrogens (tertiary/aromatic N) is 2. The first kappa shape index (κ1) is 17.2. The first-order valence-electron chi connectivity index (χ1n) is 8.47. The number of nitriles is 1. The monoisotopic (exact) mass is 309 g/mol. The number of hydrogen-bond donors (Lipinski definition) is 1. The molecule has 0 radical (unpaired) electrons. The molecule has 22 heavy (non-hydrogen) atoms. The van der Waals surface area contributed by atoms with Crippen LogP contribution in [0.4, 0.5) is 4.39 Å². The van der Waals surface area contributed by atoms with Crippen molar-refractivity contribution in [3.63, 3.8) is 0 Å². The zero-order chi connectivity index (χ0) is 16.3. The molecule has 2 unspecified atom stereocenters. The molecule has 0 aromatic carbocycles. The maximum absolute atomic E-state index is 12.7. The zero-order valence-corrected chi connectivity index (χ0v) is 13.7. The SMILES string of the molecule is CC1CC2CC(C)CC2C1.N#CC1CC(F)CN1C(=O)CN. The van der Waals surface area contributed by atoms with Gasteiger partial charge in [-0.2, -0.15) is 5.26 Å². The third-order valence-electron chi connectivity index (χ3n) is 5.38. The highest BCUT2D eigenvalue weighted by molar-refractivity contribution is 5.79. The largest absolute Gasteiger partial charge is 0.323 e. The molecule has 4 nitrogen and oxygen atoms in total. The molecular weight excluding hydrogens is 281 g/mol. The Morgan fingerprint density at radius 3 is 2.09 bits per heavy atom. The predicted octanol–water partition coefficient (Wildman–Crippen LogP) is 2.49. The van der Waals surface area contributed by atoms with Crippen LogP contribution in [0.15, 0.2) is 0 Å². The van der Waals surface area contributed by atoms with Crippen LogP contribution in [0.5, 0.6) is 0 Å². The van der Waals surface area contributed by atoms with Gasteiger partial charge in [-0.1, -0.05) is 13.8 Å². The van der Waals surface area contributed by atoms with Crippen molar-refractivity contribution in [1.29, 1.82) is 5.26 Å². The molecule has 1 saturated heterocycles. The van der Waals surface area contributed by atoms with Crippen LogP contribution < -0.4 is 5.73 Å². The summed E-state index contributed by atoms with van der Waals surface area (Å²) in [6.07, 6.45) is 5.18. The van der Waals surface area contributed by atoms with Crippen molar-refractivity contribution in [2.45, 2.75) is 58.2 Å². The number of fused-ring (bicyclic) bond motifs is 1. The molecule has 3 rings (SSSR count). The van der Waals surface area contributed by atoms with Crippen LogP contribution in [0, 0.1) is 35.0 Å². The summed E-state index contributed by atoms with van der Waals surface area (Å²) in [7, 11) is 0. The first-order chi connectivity index (χ1) is 10.4. The van der Waals surface area contributed by atoms with Crippen molar-refractivity contribution in [2.24, 2.45) is 29.4 Å². The topological polar surface area (TPSA) is 70.1 Å². The number of likely N-dealkylation sites (tertiary alicyclic amines) is 1. The summed E-state index contributed by atoms with van der Waals surface area (Å²) in [5, 5.41) is 8.55. The summed E-state index contributed by atoms with van der Waals surface area (Å²) >= 11 is 0. The summed E-state index contributed by atoms with van der Waals surface area (Å²) in [6, 6.07) is 1.24. The molecule has 5 heteroatoms. The molecule has 2 aliphatic carbocycles. The Bertz CT molecular complexity index is 408. The third kappa shape index (κ3) is 3.98. The third-order valence-corrected chi connectivity index (χ3v) is 5.38. The normalized spacial score (nSPS) is 39.9. The lowest BCUT2D eigenvalue weighted by Gasteiger charge is -2.17. The lowest BCUT2D eigenvalue weighted by atomic mass is 10.0. The van der Waals surface area contributed by atoms with Gasteiger partial charge in [0.15, 0.2) is 0 Å². The van der Waals surface area contributed by atoms with Crippen molar-refractivity contribution in [3.05, 3.63) is 0 Å². The highest BCUT2D eigenvalue weighted by Gasteiger charge is 2.38. The fraction of sp³-hybridized carbons (Fsp3) is 0.882. The molecule has 1 amide bonds. The minimum atomic E-state index is -1.08. The number of carbonyl (C=O) groups is 1. The Kier molecular flexibility index (Phi) is 5.80. The highest BCUT2D eigenvalue weighted by Crippen LogP contribution is 2.48. The van der Waals surface area contributed by atoms with Crippen molar-refractivity contribution < 1.29 is 9.18 Å². The maximum atomic E-state index is 12.7. The van der Waals surface area contributed by atoms with Gasteiger partial charge in [-0.05, 0) is 49.4 Å². The van der Waals surface area contributed by atoms with Gasteiger partial charge in [0, 0.05) is 6.42 Å². The number of carbonyl (C=O) groups excluding carboxylic acids is 1. The summed E-state index contributed by atoms with van der Waals surface area (Å²) in [4.78, 5) is 12.2. The van der Waals surface area contributed by atoms with E-state index in [1.807, 2.05) is 6.07 Å². The van der Waals surface area contributed by atoms with E-state index in [9.17, 15) is 9.18 Å². The second-order valence-corrected chi connectivity index (χ2v) is 7.40. The van der Waals surface area contributed by atoms with E-state index in [0.29, 0.717) is 0 Å². The number of rotatable bonds is 1. The van der Waals surface area contributed by atoms with Crippen LogP contribution in [-0.4, -0.2) is 36.1 Å². The van der Waals surface area contributed by atoms with Gasteiger partial charge in [-0.25, -0.2) is 4.39 Å². The molecule has 1 heterocycles. The Morgan fingerprint density at radius 1 is 1.18 bits per heavy atom. The van der Waals surface area contributed by atoms with Crippen molar-refractivity contribution in [3.8, 4) is 6.07 Å². The van der Waals surface area contributed by atoms with Gasteiger partial charge in [-0.15, -0.1) is 0 Å². The van der Waals surface area contributed by atoms with E-state index in [1.165, 1.54) is 30.6 Å². The van der Waals surface area contributed by atoms with Gasteiger partial charge in [0.1, 0.15) is 12.2 Å². The second-order valence-electron chi connectivity index (χ2n) is 7.40. The van der Waals surface area contributed by atoms with Crippen molar-refractivity contribution in [2.75, 3.05) is 13.1 Å². The van der Waals surface area contributed by atoms with Crippen molar-refractivity contribution >= 4 is 5.91 Å². The van der Waals surface area contributed by atoms with Gasteiger partial charge in [0.25, 0.3) is 0 Å². The molecule has 0 spiro atoms. The van der Waals surface area contributed by atoms with Crippen LogP contribution in [0.1, 0.15) is 46.0 Å². The van der Waals surface area contributed by atoms with Gasteiger partial charge < -0.3 is 10.6 Å². The molecule has 0 aromatic heterocycles. The molecule has 0 bridgehead atoms. The summed E-state index contributed by atoms with van der Waals surface area (Å²) in [5.74, 6) is 3.99. The zero-order valence-electron chi connectivity index (χ0n) is 13.7. The fourth-order valence-corrected chi connectivity index (χ4v) is 4.52. The van der Waals surface area contributed by atoms with E-state index in [2.05, 4.69) is 13.8 Å². The Labute approximate surface area is 132 Å². The van der Waals surface area contributed by atoms with Crippen molar-refractivity contribution in [1.82, 2.24) is 4.90 Å². The molecule has 1 aliphatic heterocycles. The van der Waals surface area contributed by atoms with E-state index in [0.717, 1.165) is 23.7 Å². The number of nitrogens with two attached hydrogens (primary N) is 1. The van der Waals surface area contributed by atoms with Crippen LogP contribution in [0.3, 0.4) is 0 Å². The highest BCUT2D eigenvalue weighted by atomic mass is 19.1. The molecule has 2 N–H and O–H groups in total. The Morgan fingerprint density at radius 2 is 1.68 bits per heavy atom. The lowest BCUT2D eigenvalue weighted by molar-refractivity contribution is -0.129. The van der Waals surface area contributed by atoms with E-state index in [1.54, 1.807) is 0 Å².